The largest absolute Gasteiger partial charge is 0.494 e. The molecule has 0 aliphatic rings. The summed E-state index contributed by atoms with van der Waals surface area (Å²) in [6, 6.07) is 19.5. The average molecular weight is 410 g/mol. The molecule has 5 nitrogen and oxygen atoms in total. The molecule has 0 fully saturated rings. The van der Waals surface area contributed by atoms with Gasteiger partial charge in [-0.3, -0.25) is 4.99 Å². The lowest BCUT2D eigenvalue weighted by molar-refractivity contribution is 0.0697. The maximum atomic E-state index is 10.9. The van der Waals surface area contributed by atoms with E-state index >= 15 is 0 Å². The van der Waals surface area contributed by atoms with Crippen molar-refractivity contribution in [3.05, 3.63) is 88.4 Å². The van der Waals surface area contributed by atoms with Gasteiger partial charge in [0.1, 0.15) is 18.1 Å². The molecule has 148 valence electrons. The number of carboxylic acids is 1. The summed E-state index contributed by atoms with van der Waals surface area (Å²) in [5.74, 6) is 0.406. The Labute approximate surface area is 174 Å². The minimum atomic E-state index is -0.956. The molecule has 0 saturated carbocycles. The van der Waals surface area contributed by atoms with Crippen LogP contribution < -0.4 is 9.47 Å². The molecule has 0 spiro atoms. The third kappa shape index (κ3) is 5.83. The fourth-order valence-corrected chi connectivity index (χ4v) is 2.81. The zero-order chi connectivity index (χ0) is 20.6. The van der Waals surface area contributed by atoms with E-state index in [1.807, 2.05) is 37.3 Å². The minimum absolute atomic E-state index is 0.239. The van der Waals surface area contributed by atoms with Crippen molar-refractivity contribution >= 4 is 29.5 Å². The predicted molar refractivity (Wildman–Crippen MR) is 114 cm³/mol. The van der Waals surface area contributed by atoms with Crippen molar-refractivity contribution in [1.82, 2.24) is 0 Å². The van der Waals surface area contributed by atoms with Gasteiger partial charge in [0.25, 0.3) is 0 Å². The van der Waals surface area contributed by atoms with Crippen LogP contribution in [0, 0.1) is 0 Å². The van der Waals surface area contributed by atoms with Gasteiger partial charge in [-0.2, -0.15) is 0 Å². The van der Waals surface area contributed by atoms with Crippen molar-refractivity contribution < 1.29 is 19.4 Å². The molecule has 0 atom stereocenters. The zero-order valence-electron chi connectivity index (χ0n) is 15.8. The van der Waals surface area contributed by atoms with Crippen LogP contribution >= 0.6 is 11.6 Å². The molecule has 0 aromatic heterocycles. The summed E-state index contributed by atoms with van der Waals surface area (Å²) in [6.45, 7) is 2.86. The second kappa shape index (κ2) is 9.75. The minimum Gasteiger partial charge on any atom is -0.494 e. The number of ether oxygens (including phenoxy) is 2. The van der Waals surface area contributed by atoms with Gasteiger partial charge >= 0.3 is 5.97 Å². The lowest BCUT2D eigenvalue weighted by atomic mass is 10.1. The standard InChI is InChI=1S/C23H20ClNO4/c1-2-28-20-10-8-19(9-11-20)25-14-17-5-12-22(21(24)13-17)29-15-16-3-6-18(7-4-16)23(26)27/h3-14H,2,15H2,1H3,(H,26,27). The van der Waals surface area contributed by atoms with Crippen molar-refractivity contribution in [1.29, 1.82) is 0 Å². The molecular weight excluding hydrogens is 390 g/mol. The van der Waals surface area contributed by atoms with Crippen LogP contribution in [0.1, 0.15) is 28.4 Å². The molecule has 0 saturated heterocycles. The molecule has 0 bridgehead atoms. The van der Waals surface area contributed by atoms with Gasteiger partial charge in [0.2, 0.25) is 0 Å². The first-order valence-corrected chi connectivity index (χ1v) is 9.44. The van der Waals surface area contributed by atoms with E-state index in [1.54, 1.807) is 42.6 Å². The average Bonchev–Trinajstić information content (AvgIpc) is 2.73. The molecule has 0 radical (unpaired) electrons. The van der Waals surface area contributed by atoms with E-state index in [-0.39, 0.29) is 5.56 Å². The Morgan fingerprint density at radius 1 is 1.03 bits per heavy atom. The second-order valence-corrected chi connectivity index (χ2v) is 6.57. The SMILES string of the molecule is CCOc1ccc(N=Cc2ccc(OCc3ccc(C(=O)O)cc3)c(Cl)c2)cc1. The van der Waals surface area contributed by atoms with Crippen molar-refractivity contribution in [3.8, 4) is 11.5 Å². The van der Waals surface area contributed by atoms with E-state index in [1.165, 1.54) is 0 Å². The first kappa shape index (κ1) is 20.4. The van der Waals surface area contributed by atoms with Gasteiger partial charge in [-0.15, -0.1) is 0 Å². The zero-order valence-corrected chi connectivity index (χ0v) is 16.6. The summed E-state index contributed by atoms with van der Waals surface area (Å²) >= 11 is 6.32. The van der Waals surface area contributed by atoms with Crippen LogP contribution in [0.5, 0.6) is 11.5 Å². The van der Waals surface area contributed by atoms with Crippen LogP contribution in [0.25, 0.3) is 0 Å². The quantitative estimate of drug-likeness (QED) is 0.480. The molecule has 0 aliphatic heterocycles. The number of aliphatic imine (C=N–C) groups is 1. The number of carbonyl (C=O) groups is 1. The maximum Gasteiger partial charge on any atom is 0.335 e. The van der Waals surface area contributed by atoms with Crippen LogP contribution in [0.4, 0.5) is 5.69 Å². The van der Waals surface area contributed by atoms with Gasteiger partial charge in [-0.25, -0.2) is 4.79 Å². The highest BCUT2D eigenvalue weighted by Crippen LogP contribution is 2.26. The van der Waals surface area contributed by atoms with E-state index in [2.05, 4.69) is 4.99 Å². The first-order chi connectivity index (χ1) is 14.0. The monoisotopic (exact) mass is 409 g/mol. The van der Waals surface area contributed by atoms with Crippen LogP contribution in [-0.4, -0.2) is 23.9 Å². The Kier molecular flexibility index (Phi) is 6.87. The van der Waals surface area contributed by atoms with E-state index in [0.717, 1.165) is 22.6 Å². The third-order valence-electron chi connectivity index (χ3n) is 4.06. The number of carboxylic acid groups (broad SMARTS) is 1. The van der Waals surface area contributed by atoms with Crippen molar-refractivity contribution in [2.75, 3.05) is 6.61 Å². The topological polar surface area (TPSA) is 68.1 Å². The lowest BCUT2D eigenvalue weighted by Crippen LogP contribution is -1.99. The highest BCUT2D eigenvalue weighted by Gasteiger charge is 2.05. The van der Waals surface area contributed by atoms with Gasteiger partial charge in [0.05, 0.1) is 22.9 Å². The molecule has 0 unspecified atom stereocenters. The fraction of sp³-hybridized carbons (Fsp3) is 0.130. The summed E-state index contributed by atoms with van der Waals surface area (Å²) in [4.78, 5) is 15.3. The highest BCUT2D eigenvalue weighted by atomic mass is 35.5. The summed E-state index contributed by atoms with van der Waals surface area (Å²) in [5, 5.41) is 9.41. The Hall–Kier alpha value is -3.31. The number of hydrogen-bond acceptors (Lipinski definition) is 4. The molecule has 6 heteroatoms. The van der Waals surface area contributed by atoms with Crippen LogP contribution in [0.3, 0.4) is 0 Å². The lowest BCUT2D eigenvalue weighted by Gasteiger charge is -2.09. The smallest absolute Gasteiger partial charge is 0.335 e. The molecular formula is C23H20ClNO4. The van der Waals surface area contributed by atoms with Gasteiger partial charge in [-0.1, -0.05) is 23.7 Å². The molecule has 29 heavy (non-hydrogen) atoms. The molecule has 3 aromatic carbocycles. The number of hydrogen-bond donors (Lipinski definition) is 1. The molecule has 0 amide bonds. The highest BCUT2D eigenvalue weighted by molar-refractivity contribution is 6.32. The summed E-state index contributed by atoms with van der Waals surface area (Å²) in [6.07, 6.45) is 1.73. The Morgan fingerprint density at radius 2 is 1.76 bits per heavy atom. The number of rotatable bonds is 8. The fourth-order valence-electron chi connectivity index (χ4n) is 2.56. The number of halogens is 1. The number of aromatic carboxylic acids is 1. The molecule has 1 N–H and O–H groups in total. The van der Waals surface area contributed by atoms with E-state index in [9.17, 15) is 4.79 Å². The number of nitrogens with zero attached hydrogens (tertiary/aromatic N) is 1. The van der Waals surface area contributed by atoms with Gasteiger partial charge in [0.15, 0.2) is 0 Å². The Morgan fingerprint density at radius 3 is 2.38 bits per heavy atom. The van der Waals surface area contributed by atoms with Crippen molar-refractivity contribution in [2.24, 2.45) is 4.99 Å². The third-order valence-corrected chi connectivity index (χ3v) is 4.36. The molecule has 0 aliphatic carbocycles. The molecule has 0 heterocycles. The van der Waals surface area contributed by atoms with Gasteiger partial charge in [0, 0.05) is 6.21 Å². The molecule has 3 rings (SSSR count). The summed E-state index contributed by atoms with van der Waals surface area (Å²) in [7, 11) is 0. The second-order valence-electron chi connectivity index (χ2n) is 6.17. The maximum absolute atomic E-state index is 10.9. The van der Waals surface area contributed by atoms with Gasteiger partial charge in [-0.05, 0) is 72.6 Å². The van der Waals surface area contributed by atoms with Crippen molar-refractivity contribution in [2.45, 2.75) is 13.5 Å². The van der Waals surface area contributed by atoms with Gasteiger partial charge < -0.3 is 14.6 Å². The van der Waals surface area contributed by atoms with Crippen LogP contribution in [0.2, 0.25) is 5.02 Å². The van der Waals surface area contributed by atoms with Crippen LogP contribution in [0.15, 0.2) is 71.7 Å². The Balaban J connectivity index is 1.61. The van der Waals surface area contributed by atoms with E-state index in [4.69, 9.17) is 26.2 Å². The predicted octanol–water partition coefficient (Wildman–Crippen LogP) is 5.77. The van der Waals surface area contributed by atoms with E-state index < -0.39 is 5.97 Å². The van der Waals surface area contributed by atoms with E-state index in [0.29, 0.717) is 24.0 Å². The number of benzene rings is 3. The Bertz CT molecular complexity index is 998. The summed E-state index contributed by atoms with van der Waals surface area (Å²) < 4.78 is 11.2. The van der Waals surface area contributed by atoms with Crippen molar-refractivity contribution in [3.63, 3.8) is 0 Å². The normalized spacial score (nSPS) is 10.8. The summed E-state index contributed by atoms with van der Waals surface area (Å²) in [5.41, 5.74) is 2.76. The van der Waals surface area contributed by atoms with Crippen LogP contribution in [-0.2, 0) is 6.61 Å². The first-order valence-electron chi connectivity index (χ1n) is 9.06. The molecule has 3 aromatic rings.